The highest BCUT2D eigenvalue weighted by molar-refractivity contribution is 5.94. The second kappa shape index (κ2) is 5.87. The molecule has 0 bridgehead atoms. The molecule has 6 nitrogen and oxygen atoms in total. The van der Waals surface area contributed by atoms with Crippen molar-refractivity contribution in [3.63, 3.8) is 0 Å². The smallest absolute Gasteiger partial charge is 0.321 e. The first kappa shape index (κ1) is 13.5. The van der Waals surface area contributed by atoms with Gasteiger partial charge in [0.05, 0.1) is 6.54 Å². The first-order valence-electron chi connectivity index (χ1n) is 7.17. The summed E-state index contributed by atoms with van der Waals surface area (Å²) in [5.41, 5.74) is 1.90. The number of nitrogens with zero attached hydrogens (tertiary/aromatic N) is 3. The summed E-state index contributed by atoms with van der Waals surface area (Å²) >= 11 is 0. The molecule has 2 aromatic rings. The van der Waals surface area contributed by atoms with Crippen molar-refractivity contribution in [1.82, 2.24) is 14.9 Å². The molecule has 0 aliphatic carbocycles. The molecule has 110 valence electrons. The summed E-state index contributed by atoms with van der Waals surface area (Å²) in [6, 6.07) is 7.85. The van der Waals surface area contributed by atoms with Crippen molar-refractivity contribution >= 4 is 17.4 Å². The molecule has 0 atom stereocenters. The molecule has 1 aliphatic rings. The van der Waals surface area contributed by atoms with Crippen LogP contribution in [-0.4, -0.2) is 28.7 Å². The zero-order chi connectivity index (χ0) is 14.7. The Morgan fingerprint density at radius 1 is 1.43 bits per heavy atom. The zero-order valence-corrected chi connectivity index (χ0v) is 12.0. The van der Waals surface area contributed by atoms with E-state index in [1.54, 1.807) is 4.90 Å². The van der Waals surface area contributed by atoms with Crippen LogP contribution in [0.1, 0.15) is 12.7 Å². The second-order valence-electron chi connectivity index (χ2n) is 4.92. The number of hydrogen-bond donors (Lipinski definition) is 2. The van der Waals surface area contributed by atoms with Crippen LogP contribution in [0, 0.1) is 0 Å². The standard InChI is InChI=1S/C15H19N5O/c1-2-19-8-6-16-14(19)11-18-12-4-3-5-13(10-12)20-9-7-17-15(20)21/h3-6,8,10,18H,2,7,9,11H2,1H3,(H,17,21). The average molecular weight is 285 g/mol. The van der Waals surface area contributed by atoms with Crippen LogP contribution in [0.3, 0.4) is 0 Å². The van der Waals surface area contributed by atoms with E-state index in [1.165, 1.54) is 0 Å². The van der Waals surface area contributed by atoms with Crippen LogP contribution in [0.2, 0.25) is 0 Å². The molecule has 0 unspecified atom stereocenters. The molecule has 1 fully saturated rings. The van der Waals surface area contributed by atoms with E-state index < -0.39 is 0 Å². The van der Waals surface area contributed by atoms with E-state index in [1.807, 2.05) is 36.7 Å². The number of amides is 2. The Kier molecular flexibility index (Phi) is 3.77. The largest absolute Gasteiger partial charge is 0.378 e. The predicted octanol–water partition coefficient (Wildman–Crippen LogP) is 2.04. The Balaban J connectivity index is 1.70. The van der Waals surface area contributed by atoms with Crippen LogP contribution in [-0.2, 0) is 13.1 Å². The lowest BCUT2D eigenvalue weighted by atomic mass is 10.2. The SMILES string of the molecule is CCn1ccnc1CNc1cccc(N2CCNC2=O)c1. The molecule has 0 radical (unpaired) electrons. The lowest BCUT2D eigenvalue weighted by Crippen LogP contribution is -2.27. The maximum absolute atomic E-state index is 11.7. The molecule has 1 saturated heterocycles. The number of rotatable bonds is 5. The summed E-state index contributed by atoms with van der Waals surface area (Å²) in [5, 5.41) is 6.17. The maximum atomic E-state index is 11.7. The van der Waals surface area contributed by atoms with Crippen molar-refractivity contribution in [2.75, 3.05) is 23.3 Å². The van der Waals surface area contributed by atoms with E-state index >= 15 is 0 Å². The minimum absolute atomic E-state index is 0.0336. The third kappa shape index (κ3) is 2.84. The maximum Gasteiger partial charge on any atom is 0.321 e. The van der Waals surface area contributed by atoms with Crippen LogP contribution in [0.15, 0.2) is 36.7 Å². The molecule has 0 spiro atoms. The van der Waals surface area contributed by atoms with Crippen molar-refractivity contribution < 1.29 is 4.79 Å². The van der Waals surface area contributed by atoms with Gasteiger partial charge in [-0.3, -0.25) is 4.90 Å². The summed E-state index contributed by atoms with van der Waals surface area (Å²) in [6.07, 6.45) is 3.79. The van der Waals surface area contributed by atoms with Crippen LogP contribution >= 0.6 is 0 Å². The molecule has 1 aliphatic heterocycles. The van der Waals surface area contributed by atoms with Crippen LogP contribution < -0.4 is 15.5 Å². The Morgan fingerprint density at radius 3 is 3.10 bits per heavy atom. The number of hydrogen-bond acceptors (Lipinski definition) is 3. The topological polar surface area (TPSA) is 62.2 Å². The predicted molar refractivity (Wildman–Crippen MR) is 82.4 cm³/mol. The molecule has 3 rings (SSSR count). The third-order valence-electron chi connectivity index (χ3n) is 3.61. The monoisotopic (exact) mass is 285 g/mol. The number of benzene rings is 1. The van der Waals surface area contributed by atoms with Gasteiger partial charge in [0, 0.05) is 43.4 Å². The summed E-state index contributed by atoms with van der Waals surface area (Å²) in [7, 11) is 0. The van der Waals surface area contributed by atoms with Crippen molar-refractivity contribution in [1.29, 1.82) is 0 Å². The van der Waals surface area contributed by atoms with Crippen molar-refractivity contribution in [3.05, 3.63) is 42.5 Å². The highest BCUT2D eigenvalue weighted by Crippen LogP contribution is 2.21. The van der Waals surface area contributed by atoms with Crippen LogP contribution in [0.25, 0.3) is 0 Å². The molecule has 1 aromatic carbocycles. The van der Waals surface area contributed by atoms with Crippen LogP contribution in [0.4, 0.5) is 16.2 Å². The van der Waals surface area contributed by atoms with E-state index in [9.17, 15) is 4.79 Å². The molecule has 6 heteroatoms. The van der Waals surface area contributed by atoms with Gasteiger partial charge in [-0.2, -0.15) is 0 Å². The Hall–Kier alpha value is -2.50. The first-order chi connectivity index (χ1) is 10.3. The number of carbonyl (C=O) groups is 1. The minimum atomic E-state index is -0.0336. The Labute approximate surface area is 123 Å². The van der Waals surface area contributed by atoms with Gasteiger partial charge < -0.3 is 15.2 Å². The fourth-order valence-corrected chi connectivity index (χ4v) is 2.48. The fraction of sp³-hybridized carbons (Fsp3) is 0.333. The average Bonchev–Trinajstić information content (AvgIpc) is 3.13. The van der Waals surface area contributed by atoms with E-state index in [-0.39, 0.29) is 6.03 Å². The van der Waals surface area contributed by atoms with Gasteiger partial charge in [-0.1, -0.05) is 6.07 Å². The third-order valence-corrected chi connectivity index (χ3v) is 3.61. The molecular weight excluding hydrogens is 266 g/mol. The highest BCUT2D eigenvalue weighted by atomic mass is 16.2. The summed E-state index contributed by atoms with van der Waals surface area (Å²) in [6.45, 7) is 5.08. The van der Waals surface area contributed by atoms with Crippen molar-refractivity contribution in [2.24, 2.45) is 0 Å². The number of aromatic nitrogens is 2. The van der Waals surface area contributed by atoms with Gasteiger partial charge in [0.15, 0.2) is 0 Å². The van der Waals surface area contributed by atoms with Gasteiger partial charge >= 0.3 is 6.03 Å². The first-order valence-corrected chi connectivity index (χ1v) is 7.17. The zero-order valence-electron chi connectivity index (χ0n) is 12.0. The lowest BCUT2D eigenvalue weighted by Gasteiger charge is -2.16. The van der Waals surface area contributed by atoms with Gasteiger partial charge in [0.2, 0.25) is 0 Å². The number of anilines is 2. The molecule has 2 N–H and O–H groups in total. The van der Waals surface area contributed by atoms with Gasteiger partial charge in [0.25, 0.3) is 0 Å². The summed E-state index contributed by atoms with van der Waals surface area (Å²) < 4.78 is 2.10. The number of urea groups is 1. The van der Waals surface area contributed by atoms with E-state index in [0.717, 1.165) is 23.7 Å². The van der Waals surface area contributed by atoms with E-state index in [2.05, 4.69) is 27.1 Å². The minimum Gasteiger partial charge on any atom is -0.378 e. The van der Waals surface area contributed by atoms with Gasteiger partial charge in [0.1, 0.15) is 5.82 Å². The number of imidazole rings is 1. The molecule has 1 aromatic heterocycles. The highest BCUT2D eigenvalue weighted by Gasteiger charge is 2.20. The number of aryl methyl sites for hydroxylation is 1. The van der Waals surface area contributed by atoms with E-state index in [0.29, 0.717) is 19.6 Å². The van der Waals surface area contributed by atoms with Gasteiger partial charge in [-0.15, -0.1) is 0 Å². The number of nitrogens with one attached hydrogen (secondary N) is 2. The van der Waals surface area contributed by atoms with Crippen molar-refractivity contribution in [3.8, 4) is 0 Å². The van der Waals surface area contributed by atoms with Crippen LogP contribution in [0.5, 0.6) is 0 Å². The fourth-order valence-electron chi connectivity index (χ4n) is 2.48. The summed E-state index contributed by atoms with van der Waals surface area (Å²) in [4.78, 5) is 17.8. The quantitative estimate of drug-likeness (QED) is 0.883. The summed E-state index contributed by atoms with van der Waals surface area (Å²) in [5.74, 6) is 1.00. The normalized spacial score (nSPS) is 14.3. The second-order valence-corrected chi connectivity index (χ2v) is 4.92. The van der Waals surface area contributed by atoms with E-state index in [4.69, 9.17) is 0 Å². The molecule has 2 amide bonds. The Bertz CT molecular complexity index is 636. The van der Waals surface area contributed by atoms with Gasteiger partial charge in [-0.25, -0.2) is 9.78 Å². The lowest BCUT2D eigenvalue weighted by molar-refractivity contribution is 0.252. The molecule has 2 heterocycles. The molecular formula is C15H19N5O. The van der Waals surface area contributed by atoms with Crippen molar-refractivity contribution in [2.45, 2.75) is 20.0 Å². The number of carbonyl (C=O) groups excluding carboxylic acids is 1. The Morgan fingerprint density at radius 2 is 2.33 bits per heavy atom. The molecule has 0 saturated carbocycles. The molecule has 21 heavy (non-hydrogen) atoms. The van der Waals surface area contributed by atoms with Gasteiger partial charge in [-0.05, 0) is 25.1 Å².